The van der Waals surface area contributed by atoms with Crippen LogP contribution in [-0.2, 0) is 17.8 Å². The Morgan fingerprint density at radius 3 is 2.73 bits per heavy atom. The van der Waals surface area contributed by atoms with E-state index in [4.69, 9.17) is 0 Å². The van der Waals surface area contributed by atoms with Gasteiger partial charge in [-0.15, -0.1) is 11.3 Å². The molecule has 1 aromatic rings. The highest BCUT2D eigenvalue weighted by molar-refractivity contribution is 7.11. The van der Waals surface area contributed by atoms with E-state index in [1.165, 1.54) is 29.1 Å². The van der Waals surface area contributed by atoms with Crippen LogP contribution in [0.3, 0.4) is 0 Å². The fraction of sp³-hybridized carbons (Fsp3) is 0.684. The summed E-state index contributed by atoms with van der Waals surface area (Å²) in [6.07, 6.45) is 3.54. The molecule has 1 aromatic heterocycles. The molecule has 0 aromatic carbocycles. The summed E-state index contributed by atoms with van der Waals surface area (Å²) in [6.45, 7) is 8.40. The number of likely N-dealkylation sites (tertiary alicyclic amines) is 1. The maximum Gasteiger partial charge on any atom is 0.243 e. The number of aliphatic imine (C=N–C) groups is 1. The zero-order valence-electron chi connectivity index (χ0n) is 16.5. The van der Waals surface area contributed by atoms with Gasteiger partial charge in [-0.1, -0.05) is 13.8 Å². The second-order valence-corrected chi connectivity index (χ2v) is 8.09. The number of amides is 1. The Labute approximate surface area is 161 Å². The summed E-state index contributed by atoms with van der Waals surface area (Å²) in [4.78, 5) is 23.1. The molecule has 1 fully saturated rings. The molecule has 2 heterocycles. The third-order valence-electron chi connectivity index (χ3n) is 4.78. The number of likely N-dealkylation sites (N-methyl/N-ethyl adjacent to an activating group) is 2. The van der Waals surface area contributed by atoms with Crippen molar-refractivity contribution in [2.24, 2.45) is 4.99 Å². The molecule has 1 aliphatic heterocycles. The van der Waals surface area contributed by atoms with Crippen molar-refractivity contribution in [3.63, 3.8) is 0 Å². The molecule has 0 saturated carbocycles. The summed E-state index contributed by atoms with van der Waals surface area (Å²) in [7, 11) is 3.52. The number of guanidine groups is 1. The highest BCUT2D eigenvalue weighted by Gasteiger charge is 2.22. The Bertz CT molecular complexity index is 599. The normalized spacial score (nSPS) is 18.2. The standard InChI is InChI=1S/C19H33N5OS/c1-5-16-9-10-17(26-16)13-21-19(22-14-18(25)23(3)4)20-12-15-8-7-11-24(15)6-2/h9-10,15H,5-8,11-14H2,1-4H3,(H2,20,21,22). The fourth-order valence-corrected chi connectivity index (χ4v) is 4.00. The van der Waals surface area contributed by atoms with Crippen molar-refractivity contribution in [3.8, 4) is 0 Å². The maximum absolute atomic E-state index is 11.9. The zero-order chi connectivity index (χ0) is 18.9. The minimum absolute atomic E-state index is 0.00606. The van der Waals surface area contributed by atoms with E-state index in [1.54, 1.807) is 19.0 Å². The van der Waals surface area contributed by atoms with Crippen LogP contribution in [-0.4, -0.2) is 68.0 Å². The first-order valence-electron chi connectivity index (χ1n) is 9.57. The Morgan fingerprint density at radius 1 is 1.31 bits per heavy atom. The Hall–Kier alpha value is -1.60. The highest BCUT2D eigenvalue weighted by Crippen LogP contribution is 2.17. The van der Waals surface area contributed by atoms with E-state index in [0.29, 0.717) is 6.04 Å². The van der Waals surface area contributed by atoms with Gasteiger partial charge in [0.25, 0.3) is 0 Å². The molecule has 1 unspecified atom stereocenters. The second kappa shape index (κ2) is 10.5. The lowest BCUT2D eigenvalue weighted by Crippen LogP contribution is -2.45. The first kappa shape index (κ1) is 20.7. The van der Waals surface area contributed by atoms with Gasteiger partial charge in [0.05, 0.1) is 6.54 Å². The van der Waals surface area contributed by atoms with Gasteiger partial charge in [0.1, 0.15) is 6.54 Å². The minimum Gasteiger partial charge on any atom is -0.355 e. The van der Waals surface area contributed by atoms with Crippen molar-refractivity contribution in [1.29, 1.82) is 0 Å². The number of carbonyl (C=O) groups excluding carboxylic acids is 1. The summed E-state index contributed by atoms with van der Waals surface area (Å²) in [5.74, 6) is 0.723. The third kappa shape index (κ3) is 6.29. The van der Waals surface area contributed by atoms with E-state index in [-0.39, 0.29) is 12.5 Å². The number of hydrogen-bond acceptors (Lipinski definition) is 4. The highest BCUT2D eigenvalue weighted by atomic mass is 32.1. The average molecular weight is 380 g/mol. The summed E-state index contributed by atoms with van der Waals surface area (Å²) in [6, 6.07) is 4.89. The molecule has 1 aliphatic rings. The molecule has 2 N–H and O–H groups in total. The molecule has 7 heteroatoms. The molecule has 0 radical (unpaired) electrons. The lowest BCUT2D eigenvalue weighted by atomic mass is 10.2. The Kier molecular flexibility index (Phi) is 8.38. The summed E-state index contributed by atoms with van der Waals surface area (Å²) in [5, 5.41) is 6.83. The smallest absolute Gasteiger partial charge is 0.243 e. The molecule has 26 heavy (non-hydrogen) atoms. The third-order valence-corrected chi connectivity index (χ3v) is 6.01. The van der Waals surface area contributed by atoms with Crippen molar-refractivity contribution in [3.05, 3.63) is 21.9 Å². The first-order valence-corrected chi connectivity index (χ1v) is 10.4. The number of carbonyl (C=O) groups is 1. The SMILES string of the molecule is CCc1ccc(CNC(=NCC(=O)N(C)C)NCC2CCCN2CC)s1. The van der Waals surface area contributed by atoms with Gasteiger partial charge in [0, 0.05) is 36.4 Å². The summed E-state index contributed by atoms with van der Waals surface area (Å²) < 4.78 is 0. The molecule has 1 amide bonds. The molecule has 0 spiro atoms. The van der Waals surface area contributed by atoms with Gasteiger partial charge < -0.3 is 15.5 Å². The van der Waals surface area contributed by atoms with Gasteiger partial charge >= 0.3 is 0 Å². The molecule has 146 valence electrons. The van der Waals surface area contributed by atoms with Gasteiger partial charge in [-0.25, -0.2) is 4.99 Å². The number of nitrogens with zero attached hydrogens (tertiary/aromatic N) is 3. The predicted octanol–water partition coefficient (Wildman–Crippen LogP) is 1.92. The van der Waals surface area contributed by atoms with Gasteiger partial charge in [-0.2, -0.15) is 0 Å². The topological polar surface area (TPSA) is 60.0 Å². The van der Waals surface area contributed by atoms with Crippen molar-refractivity contribution < 1.29 is 4.79 Å². The number of aryl methyl sites for hydroxylation is 1. The molecule has 6 nitrogen and oxygen atoms in total. The van der Waals surface area contributed by atoms with Crippen LogP contribution in [0.2, 0.25) is 0 Å². The monoisotopic (exact) mass is 379 g/mol. The largest absolute Gasteiger partial charge is 0.355 e. The maximum atomic E-state index is 11.9. The van der Waals surface area contributed by atoms with E-state index in [2.05, 4.69) is 46.5 Å². The van der Waals surface area contributed by atoms with E-state index >= 15 is 0 Å². The molecule has 0 bridgehead atoms. The Balaban J connectivity index is 1.93. The molecule has 1 saturated heterocycles. The van der Waals surface area contributed by atoms with Crippen molar-refractivity contribution in [2.45, 2.75) is 45.7 Å². The van der Waals surface area contributed by atoms with Gasteiger partial charge in [0.2, 0.25) is 5.91 Å². The van der Waals surface area contributed by atoms with E-state index < -0.39 is 0 Å². The molecule has 1 atom stereocenters. The first-order chi connectivity index (χ1) is 12.5. The van der Waals surface area contributed by atoms with Crippen LogP contribution in [0.15, 0.2) is 17.1 Å². The second-order valence-electron chi connectivity index (χ2n) is 6.83. The summed E-state index contributed by atoms with van der Waals surface area (Å²) in [5.41, 5.74) is 0. The van der Waals surface area contributed by atoms with E-state index in [0.717, 1.165) is 32.0 Å². The van der Waals surface area contributed by atoms with Crippen LogP contribution in [0, 0.1) is 0 Å². The fourth-order valence-electron chi connectivity index (χ4n) is 3.10. The number of nitrogens with one attached hydrogen (secondary N) is 2. The molecular weight excluding hydrogens is 346 g/mol. The van der Waals surface area contributed by atoms with Gasteiger partial charge in [-0.05, 0) is 44.5 Å². The molecule has 0 aliphatic carbocycles. The number of rotatable bonds is 8. The quantitative estimate of drug-likeness (QED) is 0.535. The minimum atomic E-state index is 0.00606. The van der Waals surface area contributed by atoms with Crippen molar-refractivity contribution in [2.75, 3.05) is 40.3 Å². The van der Waals surface area contributed by atoms with Gasteiger partial charge in [-0.3, -0.25) is 9.69 Å². The van der Waals surface area contributed by atoms with E-state index in [1.807, 2.05) is 11.3 Å². The summed E-state index contributed by atoms with van der Waals surface area (Å²) >= 11 is 1.82. The van der Waals surface area contributed by atoms with Crippen LogP contribution in [0.1, 0.15) is 36.4 Å². The number of hydrogen-bond donors (Lipinski definition) is 2. The predicted molar refractivity (Wildman–Crippen MR) is 110 cm³/mol. The van der Waals surface area contributed by atoms with Crippen molar-refractivity contribution in [1.82, 2.24) is 20.4 Å². The lowest BCUT2D eigenvalue weighted by Gasteiger charge is -2.24. The van der Waals surface area contributed by atoms with Crippen LogP contribution in [0.5, 0.6) is 0 Å². The van der Waals surface area contributed by atoms with Gasteiger partial charge in [0.15, 0.2) is 5.96 Å². The van der Waals surface area contributed by atoms with Crippen LogP contribution >= 0.6 is 11.3 Å². The van der Waals surface area contributed by atoms with Crippen LogP contribution < -0.4 is 10.6 Å². The Morgan fingerprint density at radius 2 is 2.08 bits per heavy atom. The molecular formula is C19H33N5OS. The zero-order valence-corrected chi connectivity index (χ0v) is 17.4. The number of thiophene rings is 1. The lowest BCUT2D eigenvalue weighted by molar-refractivity contribution is -0.127. The van der Waals surface area contributed by atoms with Crippen molar-refractivity contribution >= 4 is 23.2 Å². The van der Waals surface area contributed by atoms with Crippen LogP contribution in [0.4, 0.5) is 0 Å². The van der Waals surface area contributed by atoms with Crippen LogP contribution in [0.25, 0.3) is 0 Å². The average Bonchev–Trinajstić information content (AvgIpc) is 3.29. The van der Waals surface area contributed by atoms with E-state index in [9.17, 15) is 4.79 Å². The molecule has 2 rings (SSSR count).